The molecule has 0 aliphatic rings. The first-order valence-electron chi connectivity index (χ1n) is 5.26. The lowest BCUT2D eigenvalue weighted by molar-refractivity contribution is 1.46. The van der Waals surface area contributed by atoms with E-state index in [2.05, 4.69) is 43.3 Å². The monoisotopic (exact) mass is 246 g/mol. The third kappa shape index (κ3) is 1.43. The fraction of sp³-hybridized carbons (Fsp3) is 0.143. The average Bonchev–Trinajstić information content (AvgIpc) is 2.65. The maximum atomic E-state index is 6.00. The van der Waals surface area contributed by atoms with E-state index in [0.29, 0.717) is 5.88 Å². The smallest absolute Gasteiger partial charge is 0.0480 e. The lowest BCUT2D eigenvalue weighted by Crippen LogP contribution is -1.78. The highest BCUT2D eigenvalue weighted by Gasteiger charge is 2.08. The molecule has 0 radical (unpaired) electrons. The molecule has 0 saturated carbocycles. The standard InChI is InChI=1S/C14H11ClS/c1-9-5-6-11-13(7-9)16-12-4-2-3-10(8-15)14(11)12/h2-7H,8H2,1H3. The molecule has 0 nitrogen and oxygen atoms in total. The van der Waals surface area contributed by atoms with Gasteiger partial charge >= 0.3 is 0 Å². The second kappa shape index (κ2) is 3.76. The topological polar surface area (TPSA) is 0 Å². The maximum absolute atomic E-state index is 6.00. The zero-order valence-electron chi connectivity index (χ0n) is 8.96. The van der Waals surface area contributed by atoms with E-state index in [4.69, 9.17) is 11.6 Å². The summed E-state index contributed by atoms with van der Waals surface area (Å²) in [6.07, 6.45) is 0. The van der Waals surface area contributed by atoms with Crippen molar-refractivity contribution in [3.05, 3.63) is 47.5 Å². The van der Waals surface area contributed by atoms with Gasteiger partial charge in [0.1, 0.15) is 0 Å². The van der Waals surface area contributed by atoms with Gasteiger partial charge in [0.2, 0.25) is 0 Å². The quantitative estimate of drug-likeness (QED) is 0.524. The number of fused-ring (bicyclic) bond motifs is 3. The molecule has 0 spiro atoms. The van der Waals surface area contributed by atoms with Crippen molar-refractivity contribution >= 4 is 43.1 Å². The summed E-state index contributed by atoms with van der Waals surface area (Å²) in [6, 6.07) is 13.0. The van der Waals surface area contributed by atoms with Crippen LogP contribution in [0, 0.1) is 6.92 Å². The lowest BCUT2D eigenvalue weighted by atomic mass is 10.1. The van der Waals surface area contributed by atoms with Crippen molar-refractivity contribution in [3.8, 4) is 0 Å². The summed E-state index contributed by atoms with van der Waals surface area (Å²) in [5, 5.41) is 2.67. The third-order valence-corrected chi connectivity index (χ3v) is 4.29. The van der Waals surface area contributed by atoms with E-state index < -0.39 is 0 Å². The highest BCUT2D eigenvalue weighted by atomic mass is 35.5. The fourth-order valence-electron chi connectivity index (χ4n) is 2.12. The first-order chi connectivity index (χ1) is 7.79. The molecule has 0 saturated heterocycles. The van der Waals surface area contributed by atoms with Crippen LogP contribution in [0.3, 0.4) is 0 Å². The van der Waals surface area contributed by atoms with E-state index in [0.717, 1.165) is 0 Å². The Hall–Kier alpha value is -1.05. The summed E-state index contributed by atoms with van der Waals surface area (Å²) < 4.78 is 2.69. The molecule has 1 aromatic heterocycles. The number of aryl methyl sites for hydroxylation is 1. The SMILES string of the molecule is Cc1ccc2c(c1)sc1cccc(CCl)c12. The van der Waals surface area contributed by atoms with Crippen molar-refractivity contribution in [1.29, 1.82) is 0 Å². The number of hydrogen-bond acceptors (Lipinski definition) is 1. The van der Waals surface area contributed by atoms with Crippen molar-refractivity contribution < 1.29 is 0 Å². The van der Waals surface area contributed by atoms with Crippen LogP contribution in [0.4, 0.5) is 0 Å². The van der Waals surface area contributed by atoms with Crippen LogP contribution in [0.25, 0.3) is 20.2 Å². The number of thiophene rings is 1. The molecule has 1 heterocycles. The minimum atomic E-state index is 0.580. The lowest BCUT2D eigenvalue weighted by Gasteiger charge is -1.99. The Kier molecular flexibility index (Phi) is 2.38. The van der Waals surface area contributed by atoms with Gasteiger partial charge in [0.15, 0.2) is 0 Å². The Balaban J connectivity index is 2.52. The summed E-state index contributed by atoms with van der Waals surface area (Å²) in [4.78, 5) is 0. The molecule has 0 unspecified atom stereocenters. The van der Waals surface area contributed by atoms with Gasteiger partial charge in [0, 0.05) is 26.1 Å². The van der Waals surface area contributed by atoms with Crippen LogP contribution in [0.1, 0.15) is 11.1 Å². The zero-order valence-corrected chi connectivity index (χ0v) is 10.5. The van der Waals surface area contributed by atoms with Crippen LogP contribution < -0.4 is 0 Å². The average molecular weight is 247 g/mol. The molecular formula is C14H11ClS. The number of rotatable bonds is 1. The van der Waals surface area contributed by atoms with Crippen molar-refractivity contribution in [2.45, 2.75) is 12.8 Å². The van der Waals surface area contributed by atoms with Gasteiger partial charge in [-0.05, 0) is 30.2 Å². The molecule has 0 amide bonds. The molecule has 3 aromatic rings. The van der Waals surface area contributed by atoms with E-state index in [1.165, 1.54) is 31.3 Å². The van der Waals surface area contributed by atoms with Crippen LogP contribution in [0.5, 0.6) is 0 Å². The van der Waals surface area contributed by atoms with Crippen molar-refractivity contribution in [2.75, 3.05) is 0 Å². The highest BCUT2D eigenvalue weighted by molar-refractivity contribution is 7.25. The number of benzene rings is 2. The van der Waals surface area contributed by atoms with E-state index >= 15 is 0 Å². The van der Waals surface area contributed by atoms with Gasteiger partial charge in [-0.2, -0.15) is 0 Å². The van der Waals surface area contributed by atoms with Crippen molar-refractivity contribution in [1.82, 2.24) is 0 Å². The first kappa shape index (κ1) is 10.1. The molecule has 3 rings (SSSR count). The Labute approximate surface area is 103 Å². The minimum absolute atomic E-state index is 0.580. The number of hydrogen-bond donors (Lipinski definition) is 0. The Morgan fingerprint density at radius 1 is 1.12 bits per heavy atom. The van der Waals surface area contributed by atoms with Gasteiger partial charge < -0.3 is 0 Å². The highest BCUT2D eigenvalue weighted by Crippen LogP contribution is 2.36. The molecule has 2 aromatic carbocycles. The molecule has 2 heteroatoms. The summed E-state index contributed by atoms with van der Waals surface area (Å²) in [6.45, 7) is 2.13. The largest absolute Gasteiger partial charge is 0.135 e. The van der Waals surface area contributed by atoms with Gasteiger partial charge in [-0.25, -0.2) is 0 Å². The predicted octanol–water partition coefficient (Wildman–Crippen LogP) is 5.10. The molecule has 0 bridgehead atoms. The molecule has 0 aliphatic heterocycles. The van der Waals surface area contributed by atoms with E-state index in [9.17, 15) is 0 Å². The van der Waals surface area contributed by atoms with E-state index in [-0.39, 0.29) is 0 Å². The molecule has 0 atom stereocenters. The van der Waals surface area contributed by atoms with E-state index in [1.54, 1.807) is 0 Å². The van der Waals surface area contributed by atoms with E-state index in [1.807, 2.05) is 11.3 Å². The van der Waals surface area contributed by atoms with Crippen LogP contribution in [-0.4, -0.2) is 0 Å². The summed E-state index contributed by atoms with van der Waals surface area (Å²) in [5.41, 5.74) is 2.54. The van der Waals surface area contributed by atoms with Crippen LogP contribution >= 0.6 is 22.9 Å². The second-order valence-corrected chi connectivity index (χ2v) is 5.38. The molecular weight excluding hydrogens is 236 g/mol. The van der Waals surface area contributed by atoms with Crippen LogP contribution in [0.15, 0.2) is 36.4 Å². The van der Waals surface area contributed by atoms with Gasteiger partial charge in [-0.15, -0.1) is 22.9 Å². The fourth-order valence-corrected chi connectivity index (χ4v) is 3.59. The molecule has 0 fully saturated rings. The van der Waals surface area contributed by atoms with Crippen LogP contribution in [-0.2, 0) is 5.88 Å². The first-order valence-corrected chi connectivity index (χ1v) is 6.61. The Morgan fingerprint density at radius 2 is 2.00 bits per heavy atom. The predicted molar refractivity (Wildman–Crippen MR) is 73.6 cm³/mol. The minimum Gasteiger partial charge on any atom is -0.135 e. The Bertz CT molecular complexity index is 667. The normalized spacial score (nSPS) is 11.4. The second-order valence-electron chi connectivity index (χ2n) is 4.03. The van der Waals surface area contributed by atoms with Crippen molar-refractivity contribution in [3.63, 3.8) is 0 Å². The molecule has 16 heavy (non-hydrogen) atoms. The summed E-state index contributed by atoms with van der Waals surface area (Å²) in [5.74, 6) is 0.580. The zero-order chi connectivity index (χ0) is 11.1. The summed E-state index contributed by atoms with van der Waals surface area (Å²) in [7, 11) is 0. The van der Waals surface area contributed by atoms with Gasteiger partial charge in [0.25, 0.3) is 0 Å². The van der Waals surface area contributed by atoms with Gasteiger partial charge in [-0.3, -0.25) is 0 Å². The third-order valence-electron chi connectivity index (χ3n) is 2.88. The molecule has 0 aliphatic carbocycles. The Morgan fingerprint density at radius 3 is 2.81 bits per heavy atom. The molecule has 80 valence electrons. The number of halogens is 1. The van der Waals surface area contributed by atoms with Gasteiger partial charge in [-0.1, -0.05) is 24.3 Å². The molecule has 0 N–H and O–H groups in total. The van der Waals surface area contributed by atoms with Gasteiger partial charge in [0.05, 0.1) is 0 Å². The maximum Gasteiger partial charge on any atom is 0.0480 e. The summed E-state index contributed by atoms with van der Waals surface area (Å²) >= 11 is 7.85. The van der Waals surface area contributed by atoms with Crippen LogP contribution in [0.2, 0.25) is 0 Å². The van der Waals surface area contributed by atoms with Crippen molar-refractivity contribution in [2.24, 2.45) is 0 Å². The number of alkyl halides is 1.